The van der Waals surface area contributed by atoms with Gasteiger partial charge in [-0.25, -0.2) is 0 Å². The highest BCUT2D eigenvalue weighted by molar-refractivity contribution is 6.27. The summed E-state index contributed by atoms with van der Waals surface area (Å²) in [5.41, 5.74) is 5.22. The lowest BCUT2D eigenvalue weighted by atomic mass is 9.77. The summed E-state index contributed by atoms with van der Waals surface area (Å²) in [6.07, 6.45) is 2.43. The van der Waals surface area contributed by atoms with Crippen molar-refractivity contribution in [2.24, 2.45) is 0 Å². The zero-order valence-corrected chi connectivity index (χ0v) is 14.3. The number of aromatic hydroxyl groups is 1. The molecule has 3 nitrogen and oxygen atoms in total. The number of carbonyl (C=O) groups excluding carboxylic acids is 1. The SMILES string of the molecule is O=C1CCCC2=C1c1c(ccc3ccccc13)N[C@H]2c1ccc(O)cc1. The van der Waals surface area contributed by atoms with Crippen LogP contribution in [0.3, 0.4) is 0 Å². The summed E-state index contributed by atoms with van der Waals surface area (Å²) in [7, 11) is 0. The van der Waals surface area contributed by atoms with Crippen LogP contribution in [0, 0.1) is 0 Å². The molecule has 0 aromatic heterocycles. The highest BCUT2D eigenvalue weighted by atomic mass is 16.3. The van der Waals surface area contributed by atoms with Gasteiger partial charge in [0, 0.05) is 23.2 Å². The first-order valence-corrected chi connectivity index (χ1v) is 9.06. The van der Waals surface area contributed by atoms with Gasteiger partial charge in [-0.15, -0.1) is 0 Å². The number of hydrogen-bond acceptors (Lipinski definition) is 3. The standard InChI is InChI=1S/C23H19NO2/c25-16-11-8-15(9-12-16)23-18-6-3-7-20(26)22(18)21-17-5-2-1-4-14(17)10-13-19(21)24-23/h1-2,4-5,8-13,23-25H,3,6-7H2/t23-/m0/s1. The minimum atomic E-state index is -0.0245. The number of rotatable bonds is 1. The number of benzene rings is 3. The Morgan fingerprint density at radius 1 is 0.923 bits per heavy atom. The van der Waals surface area contributed by atoms with Crippen molar-refractivity contribution in [2.75, 3.05) is 5.32 Å². The van der Waals surface area contributed by atoms with Gasteiger partial charge in [0.05, 0.1) is 6.04 Å². The molecule has 0 radical (unpaired) electrons. The number of allylic oxidation sites excluding steroid dienone is 1. The highest BCUT2D eigenvalue weighted by Crippen LogP contribution is 2.47. The van der Waals surface area contributed by atoms with Crippen molar-refractivity contribution in [3.05, 3.63) is 77.4 Å². The number of nitrogens with one attached hydrogen (secondary N) is 1. The van der Waals surface area contributed by atoms with E-state index in [0.717, 1.165) is 46.0 Å². The number of Topliss-reactive ketones (excluding diaryl/α,β-unsaturated/α-hetero) is 1. The molecule has 26 heavy (non-hydrogen) atoms. The summed E-state index contributed by atoms with van der Waals surface area (Å²) in [6.45, 7) is 0. The van der Waals surface area contributed by atoms with Crippen LogP contribution in [0.1, 0.15) is 36.4 Å². The van der Waals surface area contributed by atoms with Crippen LogP contribution in [0.5, 0.6) is 5.75 Å². The van der Waals surface area contributed by atoms with E-state index in [0.29, 0.717) is 6.42 Å². The summed E-state index contributed by atoms with van der Waals surface area (Å²) in [6, 6.07) is 19.7. The molecule has 0 amide bonds. The monoisotopic (exact) mass is 341 g/mol. The van der Waals surface area contributed by atoms with Crippen LogP contribution < -0.4 is 5.32 Å². The zero-order valence-electron chi connectivity index (χ0n) is 14.3. The molecule has 128 valence electrons. The number of ketones is 1. The number of carbonyl (C=O) groups is 1. The van der Waals surface area contributed by atoms with Crippen molar-refractivity contribution < 1.29 is 9.90 Å². The molecule has 3 aromatic carbocycles. The minimum absolute atomic E-state index is 0.0245. The second-order valence-corrected chi connectivity index (χ2v) is 7.06. The van der Waals surface area contributed by atoms with Crippen LogP contribution in [0.15, 0.2) is 66.2 Å². The van der Waals surface area contributed by atoms with E-state index >= 15 is 0 Å². The van der Waals surface area contributed by atoms with Crippen LogP contribution in [-0.2, 0) is 4.79 Å². The van der Waals surface area contributed by atoms with Crippen LogP contribution in [0.4, 0.5) is 5.69 Å². The maximum Gasteiger partial charge on any atom is 0.163 e. The van der Waals surface area contributed by atoms with Crippen molar-refractivity contribution in [2.45, 2.75) is 25.3 Å². The van der Waals surface area contributed by atoms with Gasteiger partial charge in [-0.1, -0.05) is 42.5 Å². The number of phenols is 1. The molecule has 1 atom stereocenters. The first-order valence-electron chi connectivity index (χ1n) is 9.06. The summed E-state index contributed by atoms with van der Waals surface area (Å²) in [4.78, 5) is 12.9. The third-order valence-electron chi connectivity index (χ3n) is 5.50. The third-order valence-corrected chi connectivity index (χ3v) is 5.50. The number of hydrogen-bond donors (Lipinski definition) is 2. The molecule has 0 fully saturated rings. The van der Waals surface area contributed by atoms with Gasteiger partial charge >= 0.3 is 0 Å². The third kappa shape index (κ3) is 2.24. The van der Waals surface area contributed by atoms with Crippen LogP contribution >= 0.6 is 0 Å². The molecule has 2 N–H and O–H groups in total. The van der Waals surface area contributed by atoms with Gasteiger partial charge in [0.25, 0.3) is 0 Å². The molecule has 1 heterocycles. The second-order valence-electron chi connectivity index (χ2n) is 7.06. The van der Waals surface area contributed by atoms with Gasteiger partial charge in [-0.2, -0.15) is 0 Å². The molecule has 5 rings (SSSR count). The Hall–Kier alpha value is -3.07. The van der Waals surface area contributed by atoms with E-state index in [-0.39, 0.29) is 17.6 Å². The van der Waals surface area contributed by atoms with Crippen molar-refractivity contribution >= 4 is 27.8 Å². The minimum Gasteiger partial charge on any atom is -0.508 e. The van der Waals surface area contributed by atoms with E-state index in [1.54, 1.807) is 12.1 Å². The molecule has 0 saturated carbocycles. The number of fused-ring (bicyclic) bond motifs is 4. The lowest BCUT2D eigenvalue weighted by Crippen LogP contribution is -2.25. The maximum absolute atomic E-state index is 12.9. The fourth-order valence-electron chi connectivity index (χ4n) is 4.31. The Bertz CT molecular complexity index is 1060. The summed E-state index contributed by atoms with van der Waals surface area (Å²) in [5.74, 6) is 0.499. The van der Waals surface area contributed by atoms with E-state index in [4.69, 9.17) is 0 Å². The lowest BCUT2D eigenvalue weighted by Gasteiger charge is -2.35. The fourth-order valence-corrected chi connectivity index (χ4v) is 4.31. The van der Waals surface area contributed by atoms with Crippen molar-refractivity contribution in [1.29, 1.82) is 0 Å². The summed E-state index contributed by atoms with van der Waals surface area (Å²) in [5, 5.41) is 15.6. The van der Waals surface area contributed by atoms with Crippen molar-refractivity contribution in [1.82, 2.24) is 0 Å². The Balaban J connectivity index is 1.78. The van der Waals surface area contributed by atoms with E-state index < -0.39 is 0 Å². The van der Waals surface area contributed by atoms with Crippen LogP contribution in [-0.4, -0.2) is 10.9 Å². The molecule has 0 unspecified atom stereocenters. The van der Waals surface area contributed by atoms with Gasteiger partial charge in [-0.3, -0.25) is 4.79 Å². The van der Waals surface area contributed by atoms with E-state index in [9.17, 15) is 9.90 Å². The molecule has 1 aliphatic heterocycles. The fraction of sp³-hybridized carbons (Fsp3) is 0.174. The average Bonchev–Trinajstić information content (AvgIpc) is 2.68. The van der Waals surface area contributed by atoms with Crippen molar-refractivity contribution in [3.63, 3.8) is 0 Å². The predicted molar refractivity (Wildman–Crippen MR) is 104 cm³/mol. The molecular formula is C23H19NO2. The predicted octanol–water partition coefficient (Wildman–Crippen LogP) is 5.22. The molecule has 3 aromatic rings. The van der Waals surface area contributed by atoms with Gasteiger partial charge in [0.15, 0.2) is 5.78 Å². The van der Waals surface area contributed by atoms with E-state index in [1.807, 2.05) is 24.3 Å². The summed E-state index contributed by atoms with van der Waals surface area (Å²) >= 11 is 0. The van der Waals surface area contributed by atoms with Crippen LogP contribution in [0.2, 0.25) is 0 Å². The van der Waals surface area contributed by atoms with Crippen LogP contribution in [0.25, 0.3) is 16.3 Å². The largest absolute Gasteiger partial charge is 0.508 e. The molecule has 1 aliphatic carbocycles. The molecule has 0 spiro atoms. The Kier molecular flexibility index (Phi) is 3.35. The Morgan fingerprint density at radius 3 is 2.58 bits per heavy atom. The highest BCUT2D eigenvalue weighted by Gasteiger charge is 2.34. The Morgan fingerprint density at radius 2 is 1.73 bits per heavy atom. The quantitative estimate of drug-likeness (QED) is 0.638. The topological polar surface area (TPSA) is 49.3 Å². The lowest BCUT2D eigenvalue weighted by molar-refractivity contribution is -0.114. The first-order chi connectivity index (χ1) is 12.7. The van der Waals surface area contributed by atoms with E-state index in [1.165, 1.54) is 5.57 Å². The van der Waals surface area contributed by atoms with Crippen molar-refractivity contribution in [3.8, 4) is 5.75 Å². The molecule has 3 heteroatoms. The smallest absolute Gasteiger partial charge is 0.163 e. The zero-order chi connectivity index (χ0) is 17.7. The second kappa shape index (κ2) is 5.73. The Labute approximate surface area is 152 Å². The molecule has 0 saturated heterocycles. The molecule has 0 bridgehead atoms. The van der Waals surface area contributed by atoms with Gasteiger partial charge < -0.3 is 10.4 Å². The van der Waals surface area contributed by atoms with Gasteiger partial charge in [0.1, 0.15) is 5.75 Å². The van der Waals surface area contributed by atoms with Gasteiger partial charge in [-0.05, 0) is 52.9 Å². The molecule has 2 aliphatic rings. The maximum atomic E-state index is 12.9. The first kappa shape index (κ1) is 15.2. The molecular weight excluding hydrogens is 322 g/mol. The number of phenolic OH excluding ortho intramolecular Hbond substituents is 1. The average molecular weight is 341 g/mol. The number of anilines is 1. The normalized spacial score (nSPS) is 19.1. The van der Waals surface area contributed by atoms with Gasteiger partial charge in [0.2, 0.25) is 0 Å². The van der Waals surface area contributed by atoms with E-state index in [2.05, 4.69) is 29.6 Å². The summed E-state index contributed by atoms with van der Waals surface area (Å²) < 4.78 is 0.